The molecule has 72 valence electrons. The van der Waals surface area contributed by atoms with Crippen LogP contribution in [0.25, 0.3) is 0 Å². The highest BCUT2D eigenvalue weighted by Gasteiger charge is 2.11. The first-order valence-corrected chi connectivity index (χ1v) is 4.34. The van der Waals surface area contributed by atoms with Crippen molar-refractivity contribution >= 4 is 12.6 Å². The lowest BCUT2D eigenvalue weighted by atomic mass is 9.81. The minimum absolute atomic E-state index is 0.0765. The van der Waals surface area contributed by atoms with E-state index in [0.29, 0.717) is 11.9 Å². The van der Waals surface area contributed by atoms with E-state index in [1.807, 2.05) is 6.92 Å². The van der Waals surface area contributed by atoms with Gasteiger partial charge in [0.25, 0.3) is 0 Å². The molecule has 1 aromatic rings. The van der Waals surface area contributed by atoms with Crippen molar-refractivity contribution in [2.45, 2.75) is 13.3 Å². The molecule has 0 aromatic carbocycles. The third-order valence-electron chi connectivity index (χ3n) is 1.88. The summed E-state index contributed by atoms with van der Waals surface area (Å²) in [6, 6.07) is 5.40. The molecule has 0 aliphatic carbocycles. The summed E-state index contributed by atoms with van der Waals surface area (Å²) in [5, 5.41) is 26.2. The molecule has 14 heavy (non-hydrogen) atoms. The fourth-order valence-electron chi connectivity index (χ4n) is 1.07. The number of hydrogen-bond acceptors (Lipinski definition) is 4. The quantitative estimate of drug-likeness (QED) is 0.627. The smallest absolute Gasteiger partial charge is 0.423 e. The van der Waals surface area contributed by atoms with E-state index in [4.69, 9.17) is 15.3 Å². The second-order valence-electron chi connectivity index (χ2n) is 3.19. The predicted molar refractivity (Wildman–Crippen MR) is 52.5 cm³/mol. The first-order chi connectivity index (χ1) is 6.63. The van der Waals surface area contributed by atoms with E-state index in [1.54, 1.807) is 12.1 Å². The first-order valence-electron chi connectivity index (χ1n) is 4.34. The number of nitrogens with zero attached hydrogens (tertiary/aromatic N) is 2. The SMILES string of the molecule is CC(C#N)Cc1ccc(B(O)O)cn1. The van der Waals surface area contributed by atoms with E-state index in [-0.39, 0.29) is 5.92 Å². The molecule has 0 bridgehead atoms. The molecule has 1 unspecified atom stereocenters. The topological polar surface area (TPSA) is 77.1 Å². The Bertz CT molecular complexity index is 332. The second kappa shape index (κ2) is 4.75. The van der Waals surface area contributed by atoms with Crippen LogP contribution in [0.2, 0.25) is 0 Å². The Morgan fingerprint density at radius 2 is 2.29 bits per heavy atom. The van der Waals surface area contributed by atoms with Crippen LogP contribution in [-0.4, -0.2) is 22.2 Å². The zero-order chi connectivity index (χ0) is 10.6. The summed E-state index contributed by atoms with van der Waals surface area (Å²) < 4.78 is 0. The van der Waals surface area contributed by atoms with Gasteiger partial charge in [-0.25, -0.2) is 0 Å². The molecule has 0 saturated carbocycles. The minimum atomic E-state index is -1.48. The van der Waals surface area contributed by atoms with Gasteiger partial charge in [0.1, 0.15) is 0 Å². The summed E-state index contributed by atoms with van der Waals surface area (Å²) in [4.78, 5) is 4.02. The predicted octanol–water partition coefficient (Wildman–Crippen LogP) is -0.536. The third kappa shape index (κ3) is 2.84. The van der Waals surface area contributed by atoms with Crippen molar-refractivity contribution < 1.29 is 10.0 Å². The molecular formula is C9H11BN2O2. The van der Waals surface area contributed by atoms with Crippen LogP contribution in [0.4, 0.5) is 0 Å². The van der Waals surface area contributed by atoms with E-state index in [2.05, 4.69) is 11.1 Å². The molecule has 2 N–H and O–H groups in total. The Morgan fingerprint density at radius 3 is 2.71 bits per heavy atom. The first kappa shape index (κ1) is 10.7. The average Bonchev–Trinajstić information content (AvgIpc) is 2.18. The third-order valence-corrected chi connectivity index (χ3v) is 1.88. The van der Waals surface area contributed by atoms with Crippen LogP contribution in [0.5, 0.6) is 0 Å². The van der Waals surface area contributed by atoms with Crippen molar-refractivity contribution in [1.29, 1.82) is 5.26 Å². The molecule has 1 aromatic heterocycles. The second-order valence-corrected chi connectivity index (χ2v) is 3.19. The van der Waals surface area contributed by atoms with Crippen molar-refractivity contribution in [3.05, 3.63) is 24.0 Å². The normalized spacial score (nSPS) is 11.9. The molecule has 1 heterocycles. The van der Waals surface area contributed by atoms with Gasteiger partial charge in [-0.2, -0.15) is 5.26 Å². The van der Waals surface area contributed by atoms with Crippen molar-refractivity contribution in [3.8, 4) is 6.07 Å². The highest BCUT2D eigenvalue weighted by Crippen LogP contribution is 2.03. The summed E-state index contributed by atoms with van der Waals surface area (Å²) in [6.07, 6.45) is 1.99. The Hall–Kier alpha value is -1.38. The van der Waals surface area contributed by atoms with Gasteiger partial charge in [0.2, 0.25) is 0 Å². The fourth-order valence-corrected chi connectivity index (χ4v) is 1.07. The van der Waals surface area contributed by atoms with Crippen molar-refractivity contribution in [2.75, 3.05) is 0 Å². The monoisotopic (exact) mass is 190 g/mol. The molecule has 0 spiro atoms. The van der Waals surface area contributed by atoms with E-state index < -0.39 is 7.12 Å². The number of nitriles is 1. The van der Waals surface area contributed by atoms with Gasteiger partial charge >= 0.3 is 7.12 Å². The Balaban J connectivity index is 2.70. The van der Waals surface area contributed by atoms with Crippen LogP contribution in [0, 0.1) is 17.2 Å². The molecule has 4 nitrogen and oxygen atoms in total. The summed E-state index contributed by atoms with van der Waals surface area (Å²) in [5.41, 5.74) is 1.14. The van der Waals surface area contributed by atoms with E-state index in [0.717, 1.165) is 5.69 Å². The Morgan fingerprint density at radius 1 is 1.57 bits per heavy atom. The molecule has 1 atom stereocenters. The Kier molecular flexibility index (Phi) is 3.63. The summed E-state index contributed by atoms with van der Waals surface area (Å²) >= 11 is 0. The van der Waals surface area contributed by atoms with Gasteiger partial charge in [-0.15, -0.1) is 0 Å². The van der Waals surface area contributed by atoms with Gasteiger partial charge < -0.3 is 10.0 Å². The van der Waals surface area contributed by atoms with Gasteiger partial charge in [-0.1, -0.05) is 6.07 Å². The van der Waals surface area contributed by atoms with Crippen LogP contribution >= 0.6 is 0 Å². The number of rotatable bonds is 3. The maximum absolute atomic E-state index is 8.81. The van der Waals surface area contributed by atoms with Gasteiger partial charge in [0, 0.05) is 29.7 Å². The molecule has 5 heteroatoms. The lowest BCUT2D eigenvalue weighted by molar-refractivity contribution is 0.425. The van der Waals surface area contributed by atoms with Gasteiger partial charge in [0.05, 0.1) is 6.07 Å². The minimum Gasteiger partial charge on any atom is -0.423 e. The number of hydrogen-bond donors (Lipinski definition) is 2. The average molecular weight is 190 g/mol. The van der Waals surface area contributed by atoms with Crippen LogP contribution in [0.3, 0.4) is 0 Å². The van der Waals surface area contributed by atoms with Gasteiger partial charge in [-0.3, -0.25) is 4.98 Å². The Labute approximate surface area is 83.0 Å². The molecule has 0 fully saturated rings. The lowest BCUT2D eigenvalue weighted by Crippen LogP contribution is -2.30. The molecule has 0 aliphatic rings. The maximum atomic E-state index is 8.81. The van der Waals surface area contributed by atoms with Crippen LogP contribution < -0.4 is 5.46 Å². The summed E-state index contributed by atoms with van der Waals surface area (Å²) in [5.74, 6) is -0.0765. The fraction of sp³-hybridized carbons (Fsp3) is 0.333. The number of pyridine rings is 1. The van der Waals surface area contributed by atoms with Crippen molar-refractivity contribution in [1.82, 2.24) is 4.98 Å². The largest absolute Gasteiger partial charge is 0.490 e. The number of aromatic nitrogens is 1. The van der Waals surface area contributed by atoms with Crippen molar-refractivity contribution in [3.63, 3.8) is 0 Å². The van der Waals surface area contributed by atoms with Crippen LogP contribution in [-0.2, 0) is 6.42 Å². The van der Waals surface area contributed by atoms with Gasteiger partial charge in [0.15, 0.2) is 0 Å². The molecular weight excluding hydrogens is 179 g/mol. The van der Waals surface area contributed by atoms with Gasteiger partial charge in [-0.05, 0) is 13.0 Å². The molecule has 1 rings (SSSR count). The molecule has 0 amide bonds. The summed E-state index contributed by atoms with van der Waals surface area (Å²) in [6.45, 7) is 1.82. The molecule has 0 radical (unpaired) electrons. The van der Waals surface area contributed by atoms with E-state index >= 15 is 0 Å². The van der Waals surface area contributed by atoms with Crippen molar-refractivity contribution in [2.24, 2.45) is 5.92 Å². The standard InChI is InChI=1S/C9H11BN2O2/c1-7(5-11)4-9-3-2-8(6-12-9)10(13)14/h2-3,6-7,13-14H,4H2,1H3. The maximum Gasteiger partial charge on any atom is 0.490 e. The molecule has 0 saturated heterocycles. The van der Waals surface area contributed by atoms with Crippen LogP contribution in [0.15, 0.2) is 18.3 Å². The zero-order valence-electron chi connectivity index (χ0n) is 7.88. The lowest BCUT2D eigenvalue weighted by Gasteiger charge is -2.03. The van der Waals surface area contributed by atoms with E-state index in [1.165, 1.54) is 6.20 Å². The highest BCUT2D eigenvalue weighted by atomic mass is 16.4. The highest BCUT2D eigenvalue weighted by molar-refractivity contribution is 6.58. The van der Waals surface area contributed by atoms with E-state index in [9.17, 15) is 0 Å². The zero-order valence-corrected chi connectivity index (χ0v) is 7.88. The van der Waals surface area contributed by atoms with Crippen LogP contribution in [0.1, 0.15) is 12.6 Å². The molecule has 0 aliphatic heterocycles. The summed E-state index contributed by atoms with van der Waals surface area (Å²) in [7, 11) is -1.48.